The summed E-state index contributed by atoms with van der Waals surface area (Å²) in [7, 11) is 0. The van der Waals surface area contributed by atoms with Gasteiger partial charge in [0.15, 0.2) is 0 Å². The Kier molecular flexibility index (Phi) is 5.36. The van der Waals surface area contributed by atoms with Gasteiger partial charge in [-0.15, -0.1) is 0 Å². The third-order valence-electron chi connectivity index (χ3n) is 4.62. The second-order valence-electron chi connectivity index (χ2n) is 6.37. The molecule has 3 amide bonds. The van der Waals surface area contributed by atoms with Crippen molar-refractivity contribution in [1.82, 2.24) is 19.7 Å². The van der Waals surface area contributed by atoms with E-state index in [2.05, 4.69) is 4.98 Å². The fourth-order valence-electron chi connectivity index (χ4n) is 3.06. The van der Waals surface area contributed by atoms with E-state index in [1.807, 2.05) is 0 Å². The summed E-state index contributed by atoms with van der Waals surface area (Å²) < 4.78 is 5.18. The molecule has 0 spiro atoms. The van der Waals surface area contributed by atoms with Crippen molar-refractivity contribution in [3.05, 3.63) is 33.7 Å². The smallest absolute Gasteiger partial charge is 0.312 e. The van der Waals surface area contributed by atoms with Crippen molar-refractivity contribution in [2.45, 2.75) is 6.92 Å². The van der Waals surface area contributed by atoms with Crippen LogP contribution in [0, 0.1) is 6.92 Å². The molecule has 140 valence electrons. The average Bonchev–Trinajstić information content (AvgIpc) is 2.67. The van der Waals surface area contributed by atoms with Gasteiger partial charge in [0.1, 0.15) is 5.56 Å². The number of carbonyl (C=O) groups excluding carboxylic acids is 3. The summed E-state index contributed by atoms with van der Waals surface area (Å²) in [6.45, 7) is 4.56. The molecule has 1 aromatic rings. The molecule has 0 aliphatic carbocycles. The van der Waals surface area contributed by atoms with E-state index in [0.717, 1.165) is 0 Å². The number of aromatic nitrogens is 1. The minimum absolute atomic E-state index is 0.0831. The van der Waals surface area contributed by atoms with Gasteiger partial charge < -0.3 is 24.4 Å². The molecule has 0 atom stereocenters. The first kappa shape index (κ1) is 18.1. The molecule has 1 aromatic heterocycles. The Balaban J connectivity index is 1.58. The Morgan fingerprint density at radius 3 is 2.00 bits per heavy atom. The number of rotatable bonds is 1. The van der Waals surface area contributed by atoms with Crippen LogP contribution in [0.1, 0.15) is 16.1 Å². The molecule has 0 aromatic carbocycles. The van der Waals surface area contributed by atoms with Crippen LogP contribution < -0.4 is 5.56 Å². The SMILES string of the molecule is Cc1ccc(C(=O)N2CCN(C(=O)C(=O)N3CCOCC3)CC2)c(=O)[nH]1. The Bertz CT molecular complexity index is 761. The molecule has 0 saturated carbocycles. The Morgan fingerprint density at radius 1 is 0.885 bits per heavy atom. The van der Waals surface area contributed by atoms with E-state index >= 15 is 0 Å². The second-order valence-corrected chi connectivity index (χ2v) is 6.37. The molecule has 2 aliphatic heterocycles. The Labute approximate surface area is 150 Å². The van der Waals surface area contributed by atoms with Crippen LogP contribution in [0.3, 0.4) is 0 Å². The first-order valence-electron chi connectivity index (χ1n) is 8.62. The van der Waals surface area contributed by atoms with Crippen LogP contribution in [-0.2, 0) is 14.3 Å². The number of piperazine rings is 1. The molecule has 0 radical (unpaired) electrons. The van der Waals surface area contributed by atoms with Crippen molar-refractivity contribution in [3.8, 4) is 0 Å². The van der Waals surface area contributed by atoms with Crippen LogP contribution >= 0.6 is 0 Å². The van der Waals surface area contributed by atoms with Gasteiger partial charge >= 0.3 is 11.8 Å². The number of hydrogen-bond acceptors (Lipinski definition) is 5. The van der Waals surface area contributed by atoms with Gasteiger partial charge in [-0.2, -0.15) is 0 Å². The number of morpholine rings is 1. The minimum Gasteiger partial charge on any atom is -0.378 e. The molecular formula is C17H22N4O5. The summed E-state index contributed by atoms with van der Waals surface area (Å²) in [6, 6.07) is 3.19. The van der Waals surface area contributed by atoms with Crippen molar-refractivity contribution in [3.63, 3.8) is 0 Å². The quantitative estimate of drug-likeness (QED) is 0.634. The summed E-state index contributed by atoms with van der Waals surface area (Å²) in [5, 5.41) is 0. The monoisotopic (exact) mass is 362 g/mol. The highest BCUT2D eigenvalue weighted by atomic mass is 16.5. The van der Waals surface area contributed by atoms with E-state index in [9.17, 15) is 19.2 Å². The van der Waals surface area contributed by atoms with Crippen LogP contribution in [0.15, 0.2) is 16.9 Å². The van der Waals surface area contributed by atoms with Crippen molar-refractivity contribution >= 4 is 17.7 Å². The van der Waals surface area contributed by atoms with Crippen molar-refractivity contribution < 1.29 is 19.1 Å². The highest BCUT2D eigenvalue weighted by Crippen LogP contribution is 2.08. The van der Waals surface area contributed by atoms with Gasteiger partial charge in [0.25, 0.3) is 11.5 Å². The highest BCUT2D eigenvalue weighted by molar-refractivity contribution is 6.34. The molecule has 3 rings (SSSR count). The molecular weight excluding hydrogens is 340 g/mol. The van der Waals surface area contributed by atoms with Gasteiger partial charge in [-0.3, -0.25) is 19.2 Å². The lowest BCUT2D eigenvalue weighted by molar-refractivity contribution is -0.154. The normalized spacial score (nSPS) is 18.0. The van der Waals surface area contributed by atoms with Gasteiger partial charge in [0, 0.05) is 45.0 Å². The second kappa shape index (κ2) is 7.69. The van der Waals surface area contributed by atoms with E-state index in [1.165, 1.54) is 20.8 Å². The first-order chi connectivity index (χ1) is 12.5. The number of H-pyrrole nitrogens is 1. The first-order valence-corrected chi connectivity index (χ1v) is 8.62. The third-order valence-corrected chi connectivity index (χ3v) is 4.62. The van der Waals surface area contributed by atoms with Crippen LogP contribution in [0.5, 0.6) is 0 Å². The average molecular weight is 362 g/mol. The molecule has 1 N–H and O–H groups in total. The lowest BCUT2D eigenvalue weighted by Gasteiger charge is -2.35. The number of nitrogens with one attached hydrogen (secondary N) is 1. The molecule has 26 heavy (non-hydrogen) atoms. The lowest BCUT2D eigenvalue weighted by Crippen LogP contribution is -2.55. The van der Waals surface area contributed by atoms with E-state index in [-0.39, 0.29) is 37.6 Å². The summed E-state index contributed by atoms with van der Waals surface area (Å²) in [4.78, 5) is 56.2. The molecule has 9 nitrogen and oxygen atoms in total. The molecule has 0 unspecified atom stereocenters. The highest BCUT2D eigenvalue weighted by Gasteiger charge is 2.32. The Morgan fingerprint density at radius 2 is 1.42 bits per heavy atom. The van der Waals surface area contributed by atoms with E-state index in [0.29, 0.717) is 32.0 Å². The van der Waals surface area contributed by atoms with E-state index in [1.54, 1.807) is 13.0 Å². The molecule has 0 bridgehead atoms. The van der Waals surface area contributed by atoms with E-state index in [4.69, 9.17) is 4.74 Å². The molecule has 3 heterocycles. The maximum Gasteiger partial charge on any atom is 0.312 e. The minimum atomic E-state index is -0.549. The summed E-state index contributed by atoms with van der Waals surface area (Å²) in [6.07, 6.45) is 0. The molecule has 2 fully saturated rings. The number of ether oxygens (including phenoxy) is 1. The number of hydrogen-bond donors (Lipinski definition) is 1. The molecule has 2 saturated heterocycles. The zero-order valence-electron chi connectivity index (χ0n) is 14.7. The number of aryl methyl sites for hydroxylation is 1. The topological polar surface area (TPSA) is 103 Å². The molecule has 2 aliphatic rings. The number of nitrogens with zero attached hydrogens (tertiary/aromatic N) is 3. The third kappa shape index (κ3) is 3.77. The number of pyridine rings is 1. The summed E-state index contributed by atoms with van der Waals surface area (Å²) in [5.74, 6) is -1.44. The van der Waals surface area contributed by atoms with Gasteiger partial charge in [0.05, 0.1) is 13.2 Å². The van der Waals surface area contributed by atoms with Gasteiger partial charge in [-0.25, -0.2) is 0 Å². The van der Waals surface area contributed by atoms with E-state index < -0.39 is 17.4 Å². The van der Waals surface area contributed by atoms with Crippen LogP contribution in [-0.4, -0.2) is 89.9 Å². The molecule has 9 heteroatoms. The maximum absolute atomic E-state index is 12.5. The fourth-order valence-corrected chi connectivity index (χ4v) is 3.06. The Hall–Kier alpha value is -2.68. The van der Waals surface area contributed by atoms with Crippen LogP contribution in [0.25, 0.3) is 0 Å². The zero-order chi connectivity index (χ0) is 18.7. The predicted molar refractivity (Wildman–Crippen MR) is 91.7 cm³/mol. The van der Waals surface area contributed by atoms with Crippen LogP contribution in [0.4, 0.5) is 0 Å². The van der Waals surface area contributed by atoms with Crippen LogP contribution in [0.2, 0.25) is 0 Å². The van der Waals surface area contributed by atoms with Gasteiger partial charge in [-0.05, 0) is 19.1 Å². The number of amides is 3. The zero-order valence-corrected chi connectivity index (χ0v) is 14.7. The summed E-state index contributed by atoms with van der Waals surface area (Å²) >= 11 is 0. The number of carbonyl (C=O) groups is 3. The summed E-state index contributed by atoms with van der Waals surface area (Å²) in [5.41, 5.74) is 0.347. The standard InChI is InChI=1S/C17H22N4O5/c1-12-2-3-13(14(22)18-12)15(23)19-4-6-20(7-5-19)16(24)17(25)21-8-10-26-11-9-21/h2-3H,4-11H2,1H3,(H,18,22). The van der Waals surface area contributed by atoms with Crippen molar-refractivity contribution in [2.75, 3.05) is 52.5 Å². The van der Waals surface area contributed by atoms with Crippen molar-refractivity contribution in [2.24, 2.45) is 0 Å². The predicted octanol–water partition coefficient (Wildman–Crippen LogP) is -1.17. The van der Waals surface area contributed by atoms with Crippen molar-refractivity contribution in [1.29, 1.82) is 0 Å². The lowest BCUT2D eigenvalue weighted by atomic mass is 10.2. The number of aromatic amines is 1. The van der Waals surface area contributed by atoms with Gasteiger partial charge in [-0.1, -0.05) is 0 Å². The largest absolute Gasteiger partial charge is 0.378 e. The fraction of sp³-hybridized carbons (Fsp3) is 0.529. The van der Waals surface area contributed by atoms with Gasteiger partial charge in [0.2, 0.25) is 0 Å². The maximum atomic E-state index is 12.5.